The van der Waals surface area contributed by atoms with Gasteiger partial charge in [-0.2, -0.15) is 5.10 Å². The van der Waals surface area contributed by atoms with E-state index in [-0.39, 0.29) is 6.04 Å². The monoisotopic (exact) mass is 293 g/mol. The van der Waals surface area contributed by atoms with E-state index in [0.29, 0.717) is 25.1 Å². The van der Waals surface area contributed by atoms with Crippen LogP contribution in [0.15, 0.2) is 30.5 Å². The Hall–Kier alpha value is -1.79. The maximum Gasteiger partial charge on any atom is 0.128 e. The average Bonchev–Trinajstić information content (AvgIpc) is 3.00. The fraction of sp³-hybridized carbons (Fsp3) is 0.400. The van der Waals surface area contributed by atoms with Crippen molar-refractivity contribution in [3.8, 4) is 0 Å². The number of nitrogens with zero attached hydrogens (tertiary/aromatic N) is 3. The highest BCUT2D eigenvalue weighted by atomic mass is 19.1. The predicted molar refractivity (Wildman–Crippen MR) is 73.3 cm³/mol. The van der Waals surface area contributed by atoms with Gasteiger partial charge in [-0.25, -0.2) is 8.78 Å². The van der Waals surface area contributed by atoms with E-state index in [4.69, 9.17) is 0 Å². The Morgan fingerprint density at radius 1 is 1.33 bits per heavy atom. The van der Waals surface area contributed by atoms with E-state index in [2.05, 4.69) is 5.10 Å². The summed E-state index contributed by atoms with van der Waals surface area (Å²) >= 11 is 0. The summed E-state index contributed by atoms with van der Waals surface area (Å²) in [6.45, 7) is 0.972. The quantitative estimate of drug-likeness (QED) is 0.941. The molecule has 1 N–H and O–H groups in total. The average molecular weight is 293 g/mol. The summed E-state index contributed by atoms with van der Waals surface area (Å²) in [7, 11) is 1.83. The Balaban J connectivity index is 1.89. The van der Waals surface area contributed by atoms with Crippen molar-refractivity contribution in [3.05, 3.63) is 53.4 Å². The molecule has 4 nitrogen and oxygen atoms in total. The third-order valence-corrected chi connectivity index (χ3v) is 3.99. The first-order chi connectivity index (χ1) is 10.0. The van der Waals surface area contributed by atoms with Crippen molar-refractivity contribution in [1.82, 2.24) is 14.7 Å². The van der Waals surface area contributed by atoms with Gasteiger partial charge in [-0.3, -0.25) is 9.58 Å². The van der Waals surface area contributed by atoms with Crippen LogP contribution in [0.2, 0.25) is 0 Å². The smallest absolute Gasteiger partial charge is 0.128 e. The van der Waals surface area contributed by atoms with Gasteiger partial charge in [0.2, 0.25) is 0 Å². The molecule has 0 amide bonds. The topological polar surface area (TPSA) is 41.3 Å². The van der Waals surface area contributed by atoms with Crippen molar-refractivity contribution >= 4 is 0 Å². The molecule has 3 rings (SSSR count). The first-order valence-corrected chi connectivity index (χ1v) is 6.88. The van der Waals surface area contributed by atoms with Gasteiger partial charge in [-0.1, -0.05) is 0 Å². The van der Waals surface area contributed by atoms with E-state index in [1.54, 1.807) is 10.9 Å². The summed E-state index contributed by atoms with van der Waals surface area (Å²) in [4.78, 5) is 1.96. The molecule has 1 aromatic heterocycles. The lowest BCUT2D eigenvalue weighted by atomic mass is 10.0. The number of β-amino-alcohol motifs (C(OH)–C–C–N with tert-alkyl or cyclic N) is 1. The minimum absolute atomic E-state index is 0.300. The fourth-order valence-electron chi connectivity index (χ4n) is 2.91. The van der Waals surface area contributed by atoms with Crippen LogP contribution in [0.4, 0.5) is 8.78 Å². The number of hydrogen-bond donors (Lipinski definition) is 1. The molecule has 0 bridgehead atoms. The van der Waals surface area contributed by atoms with Crippen LogP contribution >= 0.6 is 0 Å². The highest BCUT2D eigenvalue weighted by Gasteiger charge is 2.34. The van der Waals surface area contributed by atoms with E-state index in [0.717, 1.165) is 17.8 Å². The number of aliphatic hydroxyl groups is 1. The molecule has 0 spiro atoms. The molecule has 0 aliphatic carbocycles. The van der Waals surface area contributed by atoms with Gasteiger partial charge in [-0.15, -0.1) is 0 Å². The molecule has 0 unspecified atom stereocenters. The van der Waals surface area contributed by atoms with Crippen molar-refractivity contribution in [2.75, 3.05) is 6.54 Å². The number of aliphatic hydroxyl groups excluding tert-OH is 1. The zero-order chi connectivity index (χ0) is 15.0. The number of aryl methyl sites for hydroxylation is 1. The molecule has 112 valence electrons. The van der Waals surface area contributed by atoms with Gasteiger partial charge in [0.05, 0.1) is 11.8 Å². The molecule has 0 saturated carbocycles. The van der Waals surface area contributed by atoms with Crippen LogP contribution in [0.5, 0.6) is 0 Å². The summed E-state index contributed by atoms with van der Waals surface area (Å²) in [6.07, 6.45) is 1.56. The van der Waals surface area contributed by atoms with Gasteiger partial charge in [0.25, 0.3) is 0 Å². The number of aromatic nitrogens is 2. The molecular formula is C15H17F2N3O. The molecule has 1 fully saturated rings. The molecule has 1 aliphatic rings. The summed E-state index contributed by atoms with van der Waals surface area (Å²) < 4.78 is 29.1. The Bertz CT molecular complexity index is 644. The van der Waals surface area contributed by atoms with Crippen molar-refractivity contribution in [2.45, 2.75) is 25.1 Å². The van der Waals surface area contributed by atoms with Crippen LogP contribution in [-0.2, 0) is 13.6 Å². The van der Waals surface area contributed by atoms with Gasteiger partial charge in [0.15, 0.2) is 0 Å². The highest BCUT2D eigenvalue weighted by Crippen LogP contribution is 2.35. The molecule has 21 heavy (non-hydrogen) atoms. The zero-order valence-electron chi connectivity index (χ0n) is 11.7. The lowest BCUT2D eigenvalue weighted by molar-refractivity contribution is 0.171. The Labute approximate surface area is 121 Å². The van der Waals surface area contributed by atoms with Crippen LogP contribution in [0.25, 0.3) is 0 Å². The predicted octanol–water partition coefficient (Wildman–Crippen LogP) is 2.01. The number of likely N-dealkylation sites (tertiary alicyclic amines) is 1. The number of rotatable bonds is 3. The normalized spacial score (nSPS) is 22.9. The maximum absolute atomic E-state index is 14.0. The summed E-state index contributed by atoms with van der Waals surface area (Å²) in [5.41, 5.74) is 1.26. The molecule has 2 atom stereocenters. The molecule has 6 heteroatoms. The van der Waals surface area contributed by atoms with Crippen molar-refractivity contribution < 1.29 is 13.9 Å². The van der Waals surface area contributed by atoms with Crippen LogP contribution < -0.4 is 0 Å². The van der Waals surface area contributed by atoms with E-state index >= 15 is 0 Å². The first-order valence-electron chi connectivity index (χ1n) is 6.88. The lowest BCUT2D eigenvalue weighted by Gasteiger charge is -2.24. The van der Waals surface area contributed by atoms with E-state index in [1.807, 2.05) is 18.0 Å². The SMILES string of the molecule is Cn1nccc1CN1C[C@@H](O)C[C@@H]1c1cc(F)ccc1F. The number of hydrogen-bond acceptors (Lipinski definition) is 3. The van der Waals surface area contributed by atoms with E-state index < -0.39 is 17.7 Å². The van der Waals surface area contributed by atoms with Crippen molar-refractivity contribution in [2.24, 2.45) is 7.05 Å². The minimum atomic E-state index is -0.536. The number of halogens is 2. The van der Waals surface area contributed by atoms with Gasteiger partial charge in [0.1, 0.15) is 11.6 Å². The second-order valence-electron chi connectivity index (χ2n) is 5.45. The molecule has 1 saturated heterocycles. The largest absolute Gasteiger partial charge is 0.392 e. The van der Waals surface area contributed by atoms with Crippen LogP contribution in [0.1, 0.15) is 23.7 Å². The van der Waals surface area contributed by atoms with Crippen LogP contribution in [0, 0.1) is 11.6 Å². The molecule has 1 aromatic carbocycles. The van der Waals surface area contributed by atoms with Gasteiger partial charge in [-0.05, 0) is 30.7 Å². The first kappa shape index (κ1) is 14.2. The highest BCUT2D eigenvalue weighted by molar-refractivity contribution is 5.24. The molecular weight excluding hydrogens is 276 g/mol. The third-order valence-electron chi connectivity index (χ3n) is 3.99. The van der Waals surface area contributed by atoms with Crippen molar-refractivity contribution in [3.63, 3.8) is 0 Å². The van der Waals surface area contributed by atoms with Crippen LogP contribution in [0.3, 0.4) is 0 Å². The zero-order valence-corrected chi connectivity index (χ0v) is 11.7. The Kier molecular flexibility index (Phi) is 3.73. The van der Waals surface area contributed by atoms with E-state index in [1.165, 1.54) is 6.07 Å². The standard InChI is InChI=1S/C15H17F2N3O/c1-19-11(4-5-18-19)8-20-9-12(21)7-15(20)13-6-10(16)2-3-14(13)17/h2-6,12,15,21H,7-9H2,1H3/t12-,15+/m0/s1. The summed E-state index contributed by atoms with van der Waals surface area (Å²) in [6, 6.07) is 5.01. The Morgan fingerprint density at radius 3 is 2.86 bits per heavy atom. The fourth-order valence-corrected chi connectivity index (χ4v) is 2.91. The second kappa shape index (κ2) is 5.54. The summed E-state index contributed by atoms with van der Waals surface area (Å²) in [5.74, 6) is -0.904. The van der Waals surface area contributed by atoms with Gasteiger partial charge in [0, 0.05) is 37.9 Å². The third kappa shape index (κ3) is 2.82. The lowest BCUT2D eigenvalue weighted by Crippen LogP contribution is -2.26. The maximum atomic E-state index is 14.0. The number of benzene rings is 1. The summed E-state index contributed by atoms with van der Waals surface area (Å²) in [5, 5.41) is 14.0. The van der Waals surface area contributed by atoms with Crippen molar-refractivity contribution in [1.29, 1.82) is 0 Å². The van der Waals surface area contributed by atoms with E-state index in [9.17, 15) is 13.9 Å². The van der Waals surface area contributed by atoms with Gasteiger partial charge < -0.3 is 5.11 Å². The molecule has 1 aliphatic heterocycles. The Morgan fingerprint density at radius 2 is 2.14 bits per heavy atom. The molecule has 0 radical (unpaired) electrons. The van der Waals surface area contributed by atoms with Gasteiger partial charge >= 0.3 is 0 Å². The van der Waals surface area contributed by atoms with Crippen LogP contribution in [-0.4, -0.2) is 32.4 Å². The minimum Gasteiger partial charge on any atom is -0.392 e. The molecule has 2 heterocycles. The molecule has 2 aromatic rings. The second-order valence-corrected chi connectivity index (χ2v) is 5.45.